The Morgan fingerprint density at radius 2 is 2.00 bits per heavy atom. The molecule has 2 aliphatic rings. The van der Waals surface area contributed by atoms with Gasteiger partial charge in [0.1, 0.15) is 0 Å². The third-order valence-electron chi connectivity index (χ3n) is 5.15. The van der Waals surface area contributed by atoms with Gasteiger partial charge in [0.2, 0.25) is 0 Å². The summed E-state index contributed by atoms with van der Waals surface area (Å²) in [6.45, 7) is 4.94. The van der Waals surface area contributed by atoms with Crippen LogP contribution in [0, 0.1) is 23.2 Å². The zero-order valence-electron chi connectivity index (χ0n) is 10.3. The Hall–Kier alpha value is 0.700. The van der Waals surface area contributed by atoms with Crippen molar-refractivity contribution >= 4 is 31.9 Å². The zero-order chi connectivity index (χ0) is 11.8. The molecule has 0 spiro atoms. The molecule has 0 aromatic rings. The molecule has 92 valence electrons. The van der Waals surface area contributed by atoms with Gasteiger partial charge in [-0.1, -0.05) is 32.8 Å². The van der Waals surface area contributed by atoms with Gasteiger partial charge in [-0.15, -0.1) is 0 Å². The molecule has 0 aromatic heterocycles. The topological polar surface area (TPSA) is 0 Å². The first-order valence-corrected chi connectivity index (χ1v) is 8.15. The smallest absolute Gasteiger partial charge is 0.0567 e. The van der Waals surface area contributed by atoms with Crippen molar-refractivity contribution < 1.29 is 0 Å². The minimum atomic E-state index is 0.629. The Balaban J connectivity index is 2.14. The van der Waals surface area contributed by atoms with Crippen LogP contribution in [0.15, 0.2) is 9.47 Å². The summed E-state index contributed by atoms with van der Waals surface area (Å²) in [4.78, 5) is 0. The zero-order valence-corrected chi connectivity index (χ0v) is 13.5. The summed E-state index contributed by atoms with van der Waals surface area (Å²) in [5, 5.41) is 0. The minimum Gasteiger partial charge on any atom is -0.0601 e. The van der Waals surface area contributed by atoms with E-state index in [9.17, 15) is 0 Å². The van der Waals surface area contributed by atoms with E-state index in [2.05, 4.69) is 51.8 Å². The number of fused-ring (bicyclic) bond motifs is 1. The molecule has 2 aliphatic carbocycles. The molecule has 2 fully saturated rings. The van der Waals surface area contributed by atoms with Gasteiger partial charge in [0.25, 0.3) is 0 Å². The Labute approximate surface area is 117 Å². The number of hydrogen-bond donors (Lipinski definition) is 0. The molecule has 0 saturated heterocycles. The largest absolute Gasteiger partial charge is 0.0601 e. The van der Waals surface area contributed by atoms with Gasteiger partial charge >= 0.3 is 0 Å². The van der Waals surface area contributed by atoms with Crippen molar-refractivity contribution in [2.24, 2.45) is 23.2 Å². The highest BCUT2D eigenvalue weighted by atomic mass is 79.9. The average Bonchev–Trinajstić information content (AvgIpc) is 2.53. The van der Waals surface area contributed by atoms with E-state index in [1.165, 1.54) is 38.5 Å². The predicted molar refractivity (Wildman–Crippen MR) is 77.9 cm³/mol. The maximum atomic E-state index is 3.51. The van der Waals surface area contributed by atoms with Crippen molar-refractivity contribution in [1.82, 2.24) is 0 Å². The lowest BCUT2D eigenvalue weighted by Gasteiger charge is -2.42. The van der Waals surface area contributed by atoms with Crippen molar-refractivity contribution in [1.29, 1.82) is 0 Å². The van der Waals surface area contributed by atoms with Crippen LogP contribution in [0.5, 0.6) is 0 Å². The number of halogens is 2. The molecule has 0 aromatic carbocycles. The lowest BCUT2D eigenvalue weighted by molar-refractivity contribution is 0.0810. The number of hydrogen-bond acceptors (Lipinski definition) is 0. The van der Waals surface area contributed by atoms with Crippen LogP contribution in [0.4, 0.5) is 0 Å². The molecule has 4 atom stereocenters. The van der Waals surface area contributed by atoms with Gasteiger partial charge < -0.3 is 0 Å². The lowest BCUT2D eigenvalue weighted by Crippen LogP contribution is -2.34. The van der Waals surface area contributed by atoms with E-state index in [1.807, 2.05) is 0 Å². The van der Waals surface area contributed by atoms with E-state index >= 15 is 0 Å². The van der Waals surface area contributed by atoms with Crippen molar-refractivity contribution in [3.05, 3.63) is 9.47 Å². The molecule has 0 radical (unpaired) electrons. The van der Waals surface area contributed by atoms with E-state index in [0.717, 1.165) is 15.2 Å². The Bertz CT molecular complexity index is 280. The van der Waals surface area contributed by atoms with E-state index < -0.39 is 0 Å². The molecule has 0 bridgehead atoms. The van der Waals surface area contributed by atoms with Crippen LogP contribution in [0.1, 0.15) is 52.4 Å². The van der Waals surface area contributed by atoms with Crippen molar-refractivity contribution in [2.45, 2.75) is 52.4 Å². The van der Waals surface area contributed by atoms with Crippen LogP contribution in [0.2, 0.25) is 0 Å². The molecule has 0 aliphatic heterocycles. The van der Waals surface area contributed by atoms with Crippen molar-refractivity contribution in [3.63, 3.8) is 0 Å². The SMILES string of the molecule is CC(C=C(Br)Br)[C@@H]1CCC2CCCCC21C. The van der Waals surface area contributed by atoms with Gasteiger partial charge in [0.15, 0.2) is 0 Å². The second-order valence-corrected chi connectivity index (χ2v) is 8.72. The maximum absolute atomic E-state index is 3.51. The molecule has 2 saturated carbocycles. The summed E-state index contributed by atoms with van der Waals surface area (Å²) in [7, 11) is 0. The predicted octanol–water partition coefficient (Wildman–Crippen LogP) is 5.86. The van der Waals surface area contributed by atoms with E-state index in [1.54, 1.807) is 0 Å². The first kappa shape index (κ1) is 13.1. The van der Waals surface area contributed by atoms with E-state index in [-0.39, 0.29) is 0 Å². The molecule has 0 N–H and O–H groups in total. The standard InChI is InChI=1S/C14H22Br2/c1-10(9-13(15)16)12-7-6-11-5-3-4-8-14(11,12)2/h9-12H,3-8H2,1-2H3/t10?,11?,12-,14?/m0/s1. The number of allylic oxidation sites excluding steroid dienone is 1. The first-order chi connectivity index (χ1) is 7.54. The molecule has 3 unspecified atom stereocenters. The maximum Gasteiger partial charge on any atom is 0.0567 e. The molecule has 0 nitrogen and oxygen atoms in total. The second-order valence-electron chi connectivity index (χ2n) is 5.95. The van der Waals surface area contributed by atoms with Gasteiger partial charge in [0, 0.05) is 0 Å². The Morgan fingerprint density at radius 3 is 2.69 bits per heavy atom. The fraction of sp³-hybridized carbons (Fsp3) is 0.857. The fourth-order valence-electron chi connectivity index (χ4n) is 4.28. The third-order valence-corrected chi connectivity index (χ3v) is 5.68. The van der Waals surface area contributed by atoms with Crippen LogP contribution < -0.4 is 0 Å². The van der Waals surface area contributed by atoms with Crippen LogP contribution in [-0.2, 0) is 0 Å². The summed E-state index contributed by atoms with van der Waals surface area (Å²) in [5.41, 5.74) is 0.629. The van der Waals surface area contributed by atoms with Crippen molar-refractivity contribution in [2.75, 3.05) is 0 Å². The Kier molecular flexibility index (Phi) is 4.22. The molecule has 0 heterocycles. The molecular formula is C14H22Br2. The van der Waals surface area contributed by atoms with Crippen LogP contribution in [-0.4, -0.2) is 0 Å². The third kappa shape index (κ3) is 2.43. The van der Waals surface area contributed by atoms with E-state index in [4.69, 9.17) is 0 Å². The van der Waals surface area contributed by atoms with Crippen LogP contribution in [0.3, 0.4) is 0 Å². The fourth-order valence-corrected chi connectivity index (χ4v) is 5.12. The van der Waals surface area contributed by atoms with Gasteiger partial charge in [-0.2, -0.15) is 0 Å². The summed E-state index contributed by atoms with van der Waals surface area (Å²) >= 11 is 7.01. The van der Waals surface area contributed by atoms with Crippen LogP contribution >= 0.6 is 31.9 Å². The first-order valence-electron chi connectivity index (χ1n) is 6.57. The summed E-state index contributed by atoms with van der Waals surface area (Å²) in [6.07, 6.45) is 11.1. The number of rotatable bonds is 2. The quantitative estimate of drug-likeness (QED) is 0.585. The minimum absolute atomic E-state index is 0.629. The van der Waals surface area contributed by atoms with Crippen molar-refractivity contribution in [3.8, 4) is 0 Å². The monoisotopic (exact) mass is 348 g/mol. The molecule has 2 heteroatoms. The van der Waals surface area contributed by atoms with Crippen LogP contribution in [0.25, 0.3) is 0 Å². The summed E-state index contributed by atoms with van der Waals surface area (Å²) in [5.74, 6) is 2.60. The van der Waals surface area contributed by atoms with Gasteiger partial charge in [-0.3, -0.25) is 0 Å². The Morgan fingerprint density at radius 1 is 1.25 bits per heavy atom. The highest BCUT2D eigenvalue weighted by Crippen LogP contribution is 2.57. The van der Waals surface area contributed by atoms with Gasteiger partial charge in [0.05, 0.1) is 3.39 Å². The lowest BCUT2D eigenvalue weighted by atomic mass is 9.63. The van der Waals surface area contributed by atoms with Gasteiger partial charge in [-0.05, 0) is 80.7 Å². The second kappa shape index (κ2) is 5.14. The highest BCUT2D eigenvalue weighted by molar-refractivity contribution is 9.28. The average molecular weight is 350 g/mol. The summed E-state index contributed by atoms with van der Waals surface area (Å²) in [6, 6.07) is 0. The summed E-state index contributed by atoms with van der Waals surface area (Å²) < 4.78 is 1.12. The molecule has 0 amide bonds. The molecule has 16 heavy (non-hydrogen) atoms. The molecular weight excluding hydrogens is 328 g/mol. The van der Waals surface area contributed by atoms with E-state index in [0.29, 0.717) is 11.3 Å². The molecule has 2 rings (SSSR count). The normalized spacial score (nSPS) is 40.2. The highest BCUT2D eigenvalue weighted by Gasteiger charge is 2.48. The van der Waals surface area contributed by atoms with Gasteiger partial charge in [-0.25, -0.2) is 0 Å².